The van der Waals surface area contributed by atoms with Crippen LogP contribution in [0.1, 0.15) is 61.9 Å². The van der Waals surface area contributed by atoms with E-state index in [9.17, 15) is 0 Å². The number of rotatable bonds is 13. The normalized spacial score (nSPS) is 10.4. The van der Waals surface area contributed by atoms with Gasteiger partial charge >= 0.3 is 0 Å². The van der Waals surface area contributed by atoms with Crippen molar-refractivity contribution >= 4 is 85.0 Å². The van der Waals surface area contributed by atoms with Crippen molar-refractivity contribution in [3.05, 3.63) is 140 Å². The highest BCUT2D eigenvalue weighted by Crippen LogP contribution is 2.33. The smallest absolute Gasteiger partial charge is 0.248 e. The van der Waals surface area contributed by atoms with Crippen molar-refractivity contribution in [2.75, 3.05) is 19.6 Å². The third-order valence-electron chi connectivity index (χ3n) is 8.88. The summed E-state index contributed by atoms with van der Waals surface area (Å²) in [5, 5.41) is 1.75. The zero-order valence-corrected chi connectivity index (χ0v) is 34.4. The largest absolute Gasteiger partial charge is 0.368 e. The molecule has 7 aromatic rings. The lowest BCUT2D eigenvalue weighted by atomic mass is 10.0. The average molecular weight is 838 g/mol. The highest BCUT2D eigenvalue weighted by Gasteiger charge is 2.13. The molecule has 0 amide bonds. The van der Waals surface area contributed by atoms with Gasteiger partial charge in [-0.25, -0.2) is 14.5 Å². The molecule has 0 aliphatic carbocycles. The van der Waals surface area contributed by atoms with Gasteiger partial charge in [-0.05, 0) is 131 Å². The minimum atomic E-state index is 0.360. The molecule has 12 nitrogen and oxygen atoms in total. The van der Waals surface area contributed by atoms with Gasteiger partial charge in [0.2, 0.25) is 17.1 Å². The van der Waals surface area contributed by atoms with E-state index in [1.54, 1.807) is 30.7 Å². The minimum Gasteiger partial charge on any atom is -0.368 e. The number of benzene rings is 1. The molecule has 9 N–H and O–H groups in total. The van der Waals surface area contributed by atoms with Crippen LogP contribution in [-0.4, -0.2) is 49.5 Å². The molecule has 6 aromatic heterocycles. The second kappa shape index (κ2) is 24.3. The van der Waals surface area contributed by atoms with Crippen LogP contribution in [-0.2, 0) is 19.3 Å². The first-order chi connectivity index (χ1) is 28.3. The van der Waals surface area contributed by atoms with Gasteiger partial charge in [0, 0.05) is 40.0 Å². The molecule has 58 heavy (non-hydrogen) atoms. The molecule has 0 aliphatic rings. The minimum absolute atomic E-state index is 0.360. The Bertz CT molecular complexity index is 2460. The van der Waals surface area contributed by atoms with Gasteiger partial charge in [-0.15, -0.1) is 0 Å². The number of aromatic nitrogens is 6. The van der Waals surface area contributed by atoms with E-state index in [1.807, 2.05) is 42.5 Å². The topological polar surface area (TPSA) is 177 Å². The summed E-state index contributed by atoms with van der Waals surface area (Å²) in [6.07, 6.45) is 15.2. The van der Waals surface area contributed by atoms with Gasteiger partial charge in [0.15, 0.2) is 0 Å². The van der Waals surface area contributed by atoms with E-state index in [0.717, 1.165) is 116 Å². The highest BCUT2D eigenvalue weighted by molar-refractivity contribution is 6.35. The SMILES string of the molecule is NCCCN.[C-]#[N+]c1c(CCCCCCc2cc(Cl)cc(Cl)c2)[nH]c2cccnc12.[C-]#[N+]c1c(CCCCN)[nH]c2cccnc12.[C-]#[N+]c1c(Cl)[nH]c2cccnc12. The fourth-order valence-corrected chi connectivity index (χ4v) is 6.91. The van der Waals surface area contributed by atoms with Crippen LogP contribution in [0.3, 0.4) is 0 Å². The molecule has 0 fully saturated rings. The summed E-state index contributed by atoms with van der Waals surface area (Å²) in [6.45, 7) is 23.6. The monoisotopic (exact) mass is 836 g/mol. The number of H-pyrrole nitrogens is 3. The van der Waals surface area contributed by atoms with Gasteiger partial charge < -0.3 is 32.2 Å². The predicted molar refractivity (Wildman–Crippen MR) is 239 cm³/mol. The molecular weight excluding hydrogens is 791 g/mol. The number of fused-ring (bicyclic) bond motifs is 3. The summed E-state index contributed by atoms with van der Waals surface area (Å²) >= 11 is 17.8. The van der Waals surface area contributed by atoms with Gasteiger partial charge in [-0.1, -0.05) is 47.6 Å². The Labute approximate surface area is 354 Å². The molecule has 1 aromatic carbocycles. The average Bonchev–Trinajstić information content (AvgIpc) is 3.89. The fourth-order valence-electron chi connectivity index (χ4n) is 6.10. The van der Waals surface area contributed by atoms with Crippen LogP contribution in [0, 0.1) is 19.7 Å². The lowest BCUT2D eigenvalue weighted by Crippen LogP contribution is -2.06. The van der Waals surface area contributed by atoms with Crippen molar-refractivity contribution in [1.29, 1.82) is 0 Å². The maximum atomic E-state index is 7.40. The maximum absolute atomic E-state index is 7.40. The number of hydrogen-bond donors (Lipinski definition) is 6. The Morgan fingerprint density at radius 2 is 0.914 bits per heavy atom. The molecule has 0 unspecified atom stereocenters. The van der Waals surface area contributed by atoms with E-state index in [2.05, 4.69) is 44.4 Å². The first-order valence-corrected chi connectivity index (χ1v) is 20.1. The van der Waals surface area contributed by atoms with Crippen LogP contribution in [0.25, 0.3) is 47.6 Å². The zero-order chi connectivity index (χ0) is 41.7. The summed E-state index contributed by atoms with van der Waals surface area (Å²) in [7, 11) is 0. The highest BCUT2D eigenvalue weighted by atomic mass is 35.5. The maximum Gasteiger partial charge on any atom is 0.248 e. The number of nitrogens with zero attached hydrogens (tertiary/aromatic N) is 6. The van der Waals surface area contributed by atoms with E-state index < -0.39 is 0 Å². The van der Waals surface area contributed by atoms with Gasteiger partial charge in [-0.3, -0.25) is 15.0 Å². The van der Waals surface area contributed by atoms with Gasteiger partial charge in [0.05, 0.1) is 52.8 Å². The summed E-state index contributed by atoms with van der Waals surface area (Å²) in [6, 6.07) is 17.0. The van der Waals surface area contributed by atoms with Crippen LogP contribution >= 0.6 is 34.8 Å². The van der Waals surface area contributed by atoms with Crippen molar-refractivity contribution in [3.8, 4) is 0 Å². The zero-order valence-electron chi connectivity index (χ0n) is 32.2. The Balaban J connectivity index is 0.000000193. The lowest BCUT2D eigenvalue weighted by molar-refractivity contribution is 0.638. The Morgan fingerprint density at radius 1 is 0.500 bits per heavy atom. The predicted octanol–water partition coefficient (Wildman–Crippen LogP) is 11.2. The number of halogens is 3. The van der Waals surface area contributed by atoms with Crippen LogP contribution in [0.2, 0.25) is 15.2 Å². The molecule has 0 spiro atoms. The van der Waals surface area contributed by atoms with Crippen molar-refractivity contribution in [2.45, 2.75) is 64.2 Å². The van der Waals surface area contributed by atoms with Crippen LogP contribution in [0.5, 0.6) is 0 Å². The van der Waals surface area contributed by atoms with Crippen molar-refractivity contribution < 1.29 is 0 Å². The van der Waals surface area contributed by atoms with Crippen molar-refractivity contribution in [3.63, 3.8) is 0 Å². The van der Waals surface area contributed by atoms with E-state index in [0.29, 0.717) is 44.3 Å². The van der Waals surface area contributed by atoms with Crippen molar-refractivity contribution in [1.82, 2.24) is 29.9 Å². The molecule has 0 atom stereocenters. The number of aromatic amines is 3. The number of hydrogen-bond acceptors (Lipinski definition) is 6. The van der Waals surface area contributed by atoms with Gasteiger partial charge in [0.25, 0.3) is 0 Å². The Kier molecular flexibility index (Phi) is 19.0. The molecule has 0 saturated carbocycles. The standard InChI is InChI=1S/C20H19Cl2N3.C12H14N4.C8H4ClN3.C3H10N2/c1-23-19-17(25-18-9-6-10-24-20(18)19)8-5-3-2-4-7-14-11-15(21)13-16(22)12-14;1-14-11-9(5-2-3-7-13)16-10-6-4-8-15-12(10)11;1-10-7-6-5(12-8(7)9)3-2-4-11-6;4-2-1-3-5/h6,9-13,25H,2-5,7-8H2;4,6,8,16H,2-3,5,7,13H2;2-4,12H;1-5H2. The molecule has 0 aliphatic heterocycles. The van der Waals surface area contributed by atoms with Crippen molar-refractivity contribution in [2.24, 2.45) is 17.2 Å². The van der Waals surface area contributed by atoms with Crippen LogP contribution in [0.15, 0.2) is 73.2 Å². The van der Waals surface area contributed by atoms with E-state index >= 15 is 0 Å². The van der Waals surface area contributed by atoms with Crippen LogP contribution < -0.4 is 17.2 Å². The first kappa shape index (κ1) is 45.2. The summed E-state index contributed by atoms with van der Waals surface area (Å²) < 4.78 is 0. The molecule has 7 rings (SSSR count). The summed E-state index contributed by atoms with van der Waals surface area (Å²) in [5.74, 6) is 0. The molecule has 15 heteroatoms. The number of nitrogens with one attached hydrogen (secondary N) is 3. The van der Waals surface area contributed by atoms with Gasteiger partial charge in [-0.2, -0.15) is 0 Å². The first-order valence-electron chi connectivity index (χ1n) is 19.0. The van der Waals surface area contributed by atoms with E-state index in [1.165, 1.54) is 5.56 Å². The number of pyridine rings is 3. The number of aryl methyl sites for hydroxylation is 3. The third kappa shape index (κ3) is 13.0. The van der Waals surface area contributed by atoms with E-state index in [-0.39, 0.29) is 0 Å². The summed E-state index contributed by atoms with van der Waals surface area (Å²) in [5.41, 5.74) is 25.4. The molecule has 0 saturated heterocycles. The summed E-state index contributed by atoms with van der Waals surface area (Å²) in [4.78, 5) is 32.6. The van der Waals surface area contributed by atoms with E-state index in [4.69, 9.17) is 71.7 Å². The second-order valence-electron chi connectivity index (χ2n) is 13.1. The molecule has 300 valence electrons. The lowest BCUT2D eigenvalue weighted by Gasteiger charge is -2.04. The Hall–Kier alpha value is -5.49. The number of nitrogens with two attached hydrogens (primary N) is 3. The Morgan fingerprint density at radius 3 is 1.34 bits per heavy atom. The van der Waals surface area contributed by atoms with Crippen LogP contribution in [0.4, 0.5) is 17.1 Å². The number of unbranched alkanes of at least 4 members (excludes halogenated alkanes) is 4. The second-order valence-corrected chi connectivity index (χ2v) is 14.3. The third-order valence-corrected chi connectivity index (χ3v) is 9.59. The molecule has 0 radical (unpaired) electrons. The van der Waals surface area contributed by atoms with Gasteiger partial charge in [0.1, 0.15) is 5.15 Å². The molecule has 6 heterocycles. The fraction of sp³-hybridized carbons (Fsp3) is 0.302. The molecular formula is C43H47Cl3N12. The quantitative estimate of drug-likeness (QED) is 0.0497. The molecule has 0 bridgehead atoms.